The Labute approximate surface area is 157 Å². The van der Waals surface area contributed by atoms with E-state index in [-0.39, 0.29) is 5.91 Å². The molecule has 1 atom stereocenters. The number of aromatic nitrogens is 2. The number of halogens is 2. The summed E-state index contributed by atoms with van der Waals surface area (Å²) in [7, 11) is 0. The molecule has 0 bridgehead atoms. The molecule has 0 aliphatic rings. The quantitative estimate of drug-likeness (QED) is 0.600. The molecule has 0 saturated heterocycles. The van der Waals surface area contributed by atoms with E-state index in [9.17, 15) is 13.6 Å². The molecule has 1 heterocycles. The van der Waals surface area contributed by atoms with Crippen LogP contribution in [-0.4, -0.2) is 28.0 Å². The molecule has 1 N–H and O–H groups in total. The van der Waals surface area contributed by atoms with Crippen molar-refractivity contribution in [1.29, 1.82) is 0 Å². The van der Waals surface area contributed by atoms with Crippen LogP contribution in [0.5, 0.6) is 5.75 Å². The number of thioether (sulfide) groups is 1. The van der Waals surface area contributed by atoms with Crippen LogP contribution in [0.15, 0.2) is 64.2 Å². The lowest BCUT2D eigenvalue weighted by molar-refractivity contribution is -0.122. The molecule has 0 aliphatic heterocycles. The van der Waals surface area contributed by atoms with Crippen molar-refractivity contribution in [3.8, 4) is 17.2 Å². The van der Waals surface area contributed by atoms with E-state index < -0.39 is 11.9 Å². The van der Waals surface area contributed by atoms with Crippen molar-refractivity contribution < 1.29 is 22.7 Å². The second kappa shape index (κ2) is 8.63. The Balaban J connectivity index is 1.55. The number of carbonyl (C=O) groups is 1. The summed E-state index contributed by atoms with van der Waals surface area (Å²) >= 11 is 0.448. The van der Waals surface area contributed by atoms with E-state index in [0.29, 0.717) is 34.0 Å². The van der Waals surface area contributed by atoms with Crippen LogP contribution in [0.2, 0.25) is 0 Å². The van der Waals surface area contributed by atoms with Crippen molar-refractivity contribution in [2.24, 2.45) is 0 Å². The predicted octanol–water partition coefficient (Wildman–Crippen LogP) is 4.46. The van der Waals surface area contributed by atoms with Gasteiger partial charge in [-0.3, -0.25) is 4.79 Å². The van der Waals surface area contributed by atoms with Gasteiger partial charge in [0, 0.05) is 16.1 Å². The fourth-order valence-electron chi connectivity index (χ4n) is 2.20. The molecular formula is C18H15F2N3O3S. The average molecular weight is 391 g/mol. The Bertz CT molecular complexity index is 872. The van der Waals surface area contributed by atoms with Gasteiger partial charge in [-0.2, -0.15) is 8.78 Å². The van der Waals surface area contributed by atoms with Gasteiger partial charge in [0.1, 0.15) is 5.75 Å². The molecule has 0 aliphatic carbocycles. The molecule has 0 saturated carbocycles. The summed E-state index contributed by atoms with van der Waals surface area (Å²) < 4.78 is 35.3. The Morgan fingerprint density at radius 2 is 1.85 bits per heavy atom. The molecular weight excluding hydrogens is 376 g/mol. The Hall–Kier alpha value is -2.94. The third-order valence-electron chi connectivity index (χ3n) is 3.49. The molecule has 27 heavy (non-hydrogen) atoms. The lowest BCUT2D eigenvalue weighted by atomic mass is 10.2. The number of rotatable bonds is 7. The summed E-state index contributed by atoms with van der Waals surface area (Å²) in [4.78, 5) is 12.7. The molecule has 3 aromatic rings. The van der Waals surface area contributed by atoms with Crippen LogP contribution in [0, 0.1) is 0 Å². The zero-order valence-corrected chi connectivity index (χ0v) is 15.0. The monoisotopic (exact) mass is 391 g/mol. The van der Waals surface area contributed by atoms with Crippen LogP contribution in [0.4, 0.5) is 14.5 Å². The smallest absolute Gasteiger partial charge is 0.288 e. The number of nitrogens with one attached hydrogen (secondary N) is 1. The maximum absolute atomic E-state index is 12.3. The van der Waals surface area contributed by atoms with Gasteiger partial charge in [-0.25, -0.2) is 0 Å². The number of benzene rings is 2. The molecule has 9 heteroatoms. The van der Waals surface area contributed by atoms with Gasteiger partial charge < -0.3 is 14.5 Å². The van der Waals surface area contributed by atoms with Crippen molar-refractivity contribution >= 4 is 23.4 Å². The minimum Gasteiger partial charge on any atom is -0.481 e. The number of anilines is 1. The van der Waals surface area contributed by atoms with E-state index in [1.807, 2.05) is 0 Å². The molecule has 1 amide bonds. The second-order valence-corrected chi connectivity index (χ2v) is 6.48. The van der Waals surface area contributed by atoms with E-state index in [1.165, 1.54) is 18.5 Å². The van der Waals surface area contributed by atoms with Crippen LogP contribution in [0.25, 0.3) is 11.5 Å². The molecule has 2 aromatic carbocycles. The van der Waals surface area contributed by atoms with Crippen molar-refractivity contribution in [2.75, 3.05) is 5.32 Å². The summed E-state index contributed by atoms with van der Waals surface area (Å²) in [5.74, 6) is -1.94. The van der Waals surface area contributed by atoms with Gasteiger partial charge in [-0.05, 0) is 55.5 Å². The first-order valence-corrected chi connectivity index (χ1v) is 8.78. The van der Waals surface area contributed by atoms with E-state index >= 15 is 0 Å². The Morgan fingerprint density at radius 3 is 2.44 bits per heavy atom. The Morgan fingerprint density at radius 1 is 1.15 bits per heavy atom. The fourth-order valence-corrected chi connectivity index (χ4v) is 2.70. The number of hydrogen-bond donors (Lipinski definition) is 1. The molecule has 0 unspecified atom stereocenters. The van der Waals surface area contributed by atoms with Gasteiger partial charge in [0.15, 0.2) is 6.10 Å². The number of hydrogen-bond acceptors (Lipinski definition) is 6. The maximum Gasteiger partial charge on any atom is 0.288 e. The molecule has 3 rings (SSSR count). The third kappa shape index (κ3) is 5.27. The van der Waals surface area contributed by atoms with Gasteiger partial charge in [0.25, 0.3) is 11.7 Å². The van der Waals surface area contributed by atoms with Crippen LogP contribution in [0.3, 0.4) is 0 Å². The Kier molecular flexibility index (Phi) is 6.02. The summed E-state index contributed by atoms with van der Waals surface area (Å²) in [6.07, 6.45) is 0.486. The highest BCUT2D eigenvalue weighted by atomic mass is 32.2. The van der Waals surface area contributed by atoms with Crippen LogP contribution >= 0.6 is 11.8 Å². The van der Waals surface area contributed by atoms with E-state index in [1.54, 1.807) is 43.3 Å². The second-order valence-electron chi connectivity index (χ2n) is 5.42. The average Bonchev–Trinajstić information content (AvgIpc) is 3.18. The summed E-state index contributed by atoms with van der Waals surface area (Å²) in [6, 6.07) is 13.0. The zero-order chi connectivity index (χ0) is 19.2. The predicted molar refractivity (Wildman–Crippen MR) is 96.8 cm³/mol. The highest BCUT2D eigenvalue weighted by molar-refractivity contribution is 7.99. The highest BCUT2D eigenvalue weighted by Gasteiger charge is 2.15. The van der Waals surface area contributed by atoms with Crippen molar-refractivity contribution in [3.05, 3.63) is 54.9 Å². The van der Waals surface area contributed by atoms with Crippen LogP contribution in [0.1, 0.15) is 6.92 Å². The van der Waals surface area contributed by atoms with E-state index in [2.05, 4.69) is 15.5 Å². The molecule has 1 aromatic heterocycles. The maximum atomic E-state index is 12.3. The van der Waals surface area contributed by atoms with Gasteiger partial charge in [-0.1, -0.05) is 11.8 Å². The first-order valence-electron chi connectivity index (χ1n) is 7.90. The number of carbonyl (C=O) groups excluding carboxylic acids is 1. The van der Waals surface area contributed by atoms with E-state index in [0.717, 1.165) is 5.56 Å². The minimum atomic E-state index is -2.48. The topological polar surface area (TPSA) is 77.2 Å². The molecule has 0 fully saturated rings. The SMILES string of the molecule is C[C@H](Oc1ccc(-c2nnco2)cc1)C(=O)Nc1ccc(SC(F)F)cc1. The van der Waals surface area contributed by atoms with Crippen molar-refractivity contribution in [2.45, 2.75) is 23.7 Å². The number of amides is 1. The standard InChI is InChI=1S/C18H15F2N3O3S/c1-11(16(24)22-13-4-8-15(9-5-13)27-18(19)20)26-14-6-2-12(3-7-14)17-23-21-10-25-17/h2-11,18H,1H3,(H,22,24)/t11-/m0/s1. The van der Waals surface area contributed by atoms with Gasteiger partial charge >= 0.3 is 0 Å². The number of nitrogens with zero attached hydrogens (tertiary/aromatic N) is 2. The normalized spacial score (nSPS) is 12.0. The first-order chi connectivity index (χ1) is 13.0. The summed E-state index contributed by atoms with van der Waals surface area (Å²) in [6.45, 7) is 1.61. The lowest BCUT2D eigenvalue weighted by Crippen LogP contribution is -2.30. The molecule has 0 spiro atoms. The van der Waals surface area contributed by atoms with Gasteiger partial charge in [-0.15, -0.1) is 10.2 Å². The molecule has 6 nitrogen and oxygen atoms in total. The van der Waals surface area contributed by atoms with Crippen LogP contribution in [-0.2, 0) is 4.79 Å². The number of alkyl halides is 2. The summed E-state index contributed by atoms with van der Waals surface area (Å²) in [5, 5.41) is 10.1. The minimum absolute atomic E-state index is 0.356. The molecule has 140 valence electrons. The van der Waals surface area contributed by atoms with Gasteiger partial charge in [0.05, 0.1) is 0 Å². The van der Waals surface area contributed by atoms with Crippen molar-refractivity contribution in [3.63, 3.8) is 0 Å². The van der Waals surface area contributed by atoms with Crippen LogP contribution < -0.4 is 10.1 Å². The molecule has 0 radical (unpaired) electrons. The third-order valence-corrected chi connectivity index (χ3v) is 4.21. The van der Waals surface area contributed by atoms with E-state index in [4.69, 9.17) is 9.15 Å². The zero-order valence-electron chi connectivity index (χ0n) is 14.1. The largest absolute Gasteiger partial charge is 0.481 e. The number of ether oxygens (including phenoxy) is 1. The fraction of sp³-hybridized carbons (Fsp3) is 0.167. The van der Waals surface area contributed by atoms with Gasteiger partial charge in [0.2, 0.25) is 12.3 Å². The highest BCUT2D eigenvalue weighted by Crippen LogP contribution is 2.26. The first kappa shape index (κ1) is 18.8. The van der Waals surface area contributed by atoms with Crippen molar-refractivity contribution in [1.82, 2.24) is 10.2 Å². The summed E-state index contributed by atoms with van der Waals surface area (Å²) in [5.41, 5.74) is 1.24. The lowest BCUT2D eigenvalue weighted by Gasteiger charge is -2.15.